The van der Waals surface area contributed by atoms with Gasteiger partial charge in [-0.3, -0.25) is 4.68 Å². The Morgan fingerprint density at radius 3 is 2.88 bits per heavy atom. The van der Waals surface area contributed by atoms with Crippen LogP contribution in [0, 0.1) is 11.3 Å². The first kappa shape index (κ1) is 18.4. The van der Waals surface area contributed by atoms with Gasteiger partial charge in [0.25, 0.3) is 0 Å². The number of hydrogen-bond donors (Lipinski definition) is 1. The fourth-order valence-electron chi connectivity index (χ4n) is 3.76. The maximum absolute atomic E-state index is 11.0. The molecule has 3 unspecified atom stereocenters. The summed E-state index contributed by atoms with van der Waals surface area (Å²) >= 11 is 6.32. The number of aromatic nitrogens is 3. The number of aliphatic hydroxyl groups excluding tert-OH is 1. The normalized spacial score (nSPS) is 26.2. The van der Waals surface area contributed by atoms with E-state index >= 15 is 0 Å². The Morgan fingerprint density at radius 2 is 2.16 bits per heavy atom. The van der Waals surface area contributed by atoms with Crippen molar-refractivity contribution in [3.8, 4) is 0 Å². The average Bonchev–Trinajstić information content (AvgIpc) is 3.21. The molecule has 25 heavy (non-hydrogen) atoms. The summed E-state index contributed by atoms with van der Waals surface area (Å²) in [5, 5.41) is 15.5. The highest BCUT2D eigenvalue weighted by atomic mass is 35.5. The maximum Gasteiger partial charge on any atom is 0.176 e. The van der Waals surface area contributed by atoms with Crippen LogP contribution in [0.3, 0.4) is 0 Å². The van der Waals surface area contributed by atoms with Crippen molar-refractivity contribution in [2.24, 2.45) is 11.3 Å². The zero-order valence-corrected chi connectivity index (χ0v) is 15.4. The molecular weight excluding hydrogens is 338 g/mol. The fourth-order valence-corrected chi connectivity index (χ4v) is 4.14. The second-order valence-corrected chi connectivity index (χ2v) is 7.19. The lowest BCUT2D eigenvalue weighted by molar-refractivity contribution is 0.0240. The molecule has 0 saturated heterocycles. The lowest BCUT2D eigenvalue weighted by Crippen LogP contribution is -2.39. The van der Waals surface area contributed by atoms with Crippen LogP contribution in [0.25, 0.3) is 0 Å². The SMILES string of the molecule is CCOCc1ncn(CC2(CCl)CCC(Cc3ccccc3)C2O)n1. The van der Waals surface area contributed by atoms with Crippen LogP contribution >= 0.6 is 11.6 Å². The molecule has 1 heterocycles. The second kappa shape index (κ2) is 8.30. The van der Waals surface area contributed by atoms with Crippen LogP contribution in [0.1, 0.15) is 31.2 Å². The van der Waals surface area contributed by atoms with Crippen molar-refractivity contribution >= 4 is 11.6 Å². The van der Waals surface area contributed by atoms with Gasteiger partial charge in [-0.25, -0.2) is 4.98 Å². The van der Waals surface area contributed by atoms with Gasteiger partial charge in [-0.15, -0.1) is 11.6 Å². The zero-order valence-electron chi connectivity index (χ0n) is 14.6. The highest BCUT2D eigenvalue weighted by molar-refractivity contribution is 6.18. The van der Waals surface area contributed by atoms with Gasteiger partial charge in [0.15, 0.2) is 5.82 Å². The van der Waals surface area contributed by atoms with E-state index in [-0.39, 0.29) is 11.3 Å². The standard InChI is InChI=1S/C19H26ClN3O2/c1-2-25-11-17-21-14-23(22-17)13-19(12-20)9-8-16(18(19)24)10-15-6-4-3-5-7-15/h3-7,14,16,18,24H,2,8-13H2,1H3. The van der Waals surface area contributed by atoms with Gasteiger partial charge in [0, 0.05) is 17.9 Å². The smallest absolute Gasteiger partial charge is 0.176 e. The lowest BCUT2D eigenvalue weighted by atomic mass is 9.83. The summed E-state index contributed by atoms with van der Waals surface area (Å²) in [6.07, 6.45) is 4.02. The summed E-state index contributed by atoms with van der Waals surface area (Å²) in [7, 11) is 0. The molecule has 5 nitrogen and oxygen atoms in total. The maximum atomic E-state index is 11.0. The predicted molar refractivity (Wildman–Crippen MR) is 97.4 cm³/mol. The Kier molecular flexibility index (Phi) is 6.10. The quantitative estimate of drug-likeness (QED) is 0.732. The molecule has 1 aliphatic rings. The highest BCUT2D eigenvalue weighted by Gasteiger charge is 2.47. The van der Waals surface area contributed by atoms with E-state index in [1.807, 2.05) is 25.1 Å². The van der Waals surface area contributed by atoms with Crippen molar-refractivity contribution in [1.82, 2.24) is 14.8 Å². The third-order valence-electron chi connectivity index (χ3n) is 5.19. The fraction of sp³-hybridized carbons (Fsp3) is 0.579. The first-order chi connectivity index (χ1) is 12.2. The molecule has 136 valence electrons. The summed E-state index contributed by atoms with van der Waals surface area (Å²) in [5.41, 5.74) is 0.911. The number of aliphatic hydroxyl groups is 1. The first-order valence-electron chi connectivity index (χ1n) is 8.91. The number of ether oxygens (including phenoxy) is 1. The molecule has 0 radical (unpaired) electrons. The first-order valence-corrected chi connectivity index (χ1v) is 9.44. The number of halogens is 1. The van der Waals surface area contributed by atoms with Crippen LogP contribution in [0.5, 0.6) is 0 Å². The monoisotopic (exact) mass is 363 g/mol. The predicted octanol–water partition coefficient (Wildman–Crippen LogP) is 3.05. The summed E-state index contributed by atoms with van der Waals surface area (Å²) in [6.45, 7) is 3.58. The van der Waals surface area contributed by atoms with Gasteiger partial charge in [-0.05, 0) is 37.7 Å². The van der Waals surface area contributed by atoms with Gasteiger partial charge in [0.1, 0.15) is 12.9 Å². The number of hydrogen-bond acceptors (Lipinski definition) is 4. The Balaban J connectivity index is 1.67. The van der Waals surface area contributed by atoms with E-state index in [9.17, 15) is 5.11 Å². The molecule has 2 aromatic rings. The molecular formula is C19H26ClN3O2. The molecule has 3 atom stereocenters. The van der Waals surface area contributed by atoms with Crippen molar-refractivity contribution in [1.29, 1.82) is 0 Å². The molecule has 1 N–H and O–H groups in total. The zero-order chi connectivity index (χ0) is 17.7. The molecule has 1 aromatic carbocycles. The van der Waals surface area contributed by atoms with Gasteiger partial charge in [-0.2, -0.15) is 5.10 Å². The molecule has 1 saturated carbocycles. The minimum absolute atomic E-state index is 0.229. The van der Waals surface area contributed by atoms with Gasteiger partial charge < -0.3 is 9.84 Å². The van der Waals surface area contributed by atoms with Gasteiger partial charge in [0.2, 0.25) is 0 Å². The van der Waals surface area contributed by atoms with Crippen LogP contribution in [0.2, 0.25) is 0 Å². The lowest BCUT2D eigenvalue weighted by Gasteiger charge is -2.32. The average molecular weight is 364 g/mol. The van der Waals surface area contributed by atoms with Crippen LogP contribution in [0.15, 0.2) is 36.7 Å². The molecule has 1 fully saturated rings. The Morgan fingerprint density at radius 1 is 1.36 bits per heavy atom. The summed E-state index contributed by atoms with van der Waals surface area (Å²) in [5.74, 6) is 1.31. The number of rotatable bonds is 8. The molecule has 0 spiro atoms. The largest absolute Gasteiger partial charge is 0.392 e. The molecule has 1 aliphatic carbocycles. The molecule has 6 heteroatoms. The molecule has 0 aliphatic heterocycles. The summed E-state index contributed by atoms with van der Waals surface area (Å²) in [4.78, 5) is 4.28. The molecule has 0 bridgehead atoms. The van der Waals surface area contributed by atoms with E-state index in [0.717, 1.165) is 19.3 Å². The summed E-state index contributed by atoms with van der Waals surface area (Å²) < 4.78 is 7.14. The number of nitrogens with zero attached hydrogens (tertiary/aromatic N) is 3. The van der Waals surface area contributed by atoms with E-state index in [1.54, 1.807) is 11.0 Å². The van der Waals surface area contributed by atoms with E-state index < -0.39 is 6.10 Å². The van der Waals surface area contributed by atoms with E-state index in [1.165, 1.54) is 5.56 Å². The second-order valence-electron chi connectivity index (χ2n) is 6.92. The van der Waals surface area contributed by atoms with Crippen LogP contribution in [0.4, 0.5) is 0 Å². The van der Waals surface area contributed by atoms with Crippen LogP contribution < -0.4 is 0 Å². The van der Waals surface area contributed by atoms with Crippen molar-refractivity contribution < 1.29 is 9.84 Å². The van der Waals surface area contributed by atoms with Crippen molar-refractivity contribution in [2.45, 2.75) is 45.4 Å². The van der Waals surface area contributed by atoms with E-state index in [0.29, 0.717) is 31.5 Å². The minimum atomic E-state index is -0.440. The molecule has 0 amide bonds. The molecule has 1 aromatic heterocycles. The van der Waals surface area contributed by atoms with E-state index in [4.69, 9.17) is 16.3 Å². The van der Waals surface area contributed by atoms with Crippen molar-refractivity contribution in [2.75, 3.05) is 12.5 Å². The molecule has 3 rings (SSSR count). The van der Waals surface area contributed by atoms with E-state index in [2.05, 4.69) is 22.2 Å². The number of benzene rings is 1. The van der Waals surface area contributed by atoms with Crippen molar-refractivity contribution in [3.63, 3.8) is 0 Å². The summed E-state index contributed by atoms with van der Waals surface area (Å²) in [6, 6.07) is 10.3. The third kappa shape index (κ3) is 4.22. The Hall–Kier alpha value is -1.43. The third-order valence-corrected chi connectivity index (χ3v) is 5.72. The number of alkyl halides is 1. The Bertz CT molecular complexity index is 664. The van der Waals surface area contributed by atoms with Crippen LogP contribution in [-0.2, 0) is 24.3 Å². The van der Waals surface area contributed by atoms with Crippen LogP contribution in [-0.4, -0.2) is 38.5 Å². The van der Waals surface area contributed by atoms with Gasteiger partial charge >= 0.3 is 0 Å². The van der Waals surface area contributed by atoms with Gasteiger partial charge in [-0.1, -0.05) is 30.3 Å². The topological polar surface area (TPSA) is 60.2 Å². The van der Waals surface area contributed by atoms with Crippen molar-refractivity contribution in [3.05, 3.63) is 48.0 Å². The van der Waals surface area contributed by atoms with Gasteiger partial charge in [0.05, 0.1) is 12.6 Å². The minimum Gasteiger partial charge on any atom is -0.392 e. The Labute approximate surface area is 154 Å². The highest BCUT2D eigenvalue weighted by Crippen LogP contribution is 2.45.